The maximum Gasteiger partial charge on any atom is 0.255 e. The first kappa shape index (κ1) is 23.4. The highest BCUT2D eigenvalue weighted by molar-refractivity contribution is 6.04. The van der Waals surface area contributed by atoms with Gasteiger partial charge in [0.05, 0.1) is 0 Å². The van der Waals surface area contributed by atoms with E-state index in [9.17, 15) is 4.79 Å². The number of hydrogen-bond donors (Lipinski definition) is 1. The van der Waals surface area contributed by atoms with E-state index in [1.165, 1.54) is 5.56 Å². The Bertz CT molecular complexity index is 1470. The van der Waals surface area contributed by atoms with Gasteiger partial charge in [0.25, 0.3) is 5.91 Å². The molecule has 0 bridgehead atoms. The summed E-state index contributed by atoms with van der Waals surface area (Å²) >= 11 is 0. The standard InChI is InChI=1S/C31H28N2O3/c1-3-21(2)24-14-17-29-28(19-24)33-31(36-29)25-10-7-11-26(18-25)32-30(34)23-12-15-27(16-13-23)35-20-22-8-5-4-6-9-22/h4-19,21H,3,20H2,1-2H3,(H,32,34). The third kappa shape index (κ3) is 5.31. The topological polar surface area (TPSA) is 64.4 Å². The number of rotatable bonds is 8. The van der Waals surface area contributed by atoms with E-state index in [1.807, 2.05) is 60.7 Å². The van der Waals surface area contributed by atoms with Gasteiger partial charge in [0.1, 0.15) is 17.9 Å². The normalized spacial score (nSPS) is 11.8. The number of carbonyl (C=O) groups is 1. The van der Waals surface area contributed by atoms with E-state index in [0.29, 0.717) is 35.4 Å². The Hall–Kier alpha value is -4.38. The number of oxazole rings is 1. The van der Waals surface area contributed by atoms with Crippen LogP contribution in [0.3, 0.4) is 0 Å². The highest BCUT2D eigenvalue weighted by atomic mass is 16.5. The van der Waals surface area contributed by atoms with E-state index in [4.69, 9.17) is 14.1 Å². The first-order chi connectivity index (χ1) is 17.6. The molecule has 36 heavy (non-hydrogen) atoms. The van der Waals surface area contributed by atoms with Crippen LogP contribution in [-0.2, 0) is 6.61 Å². The van der Waals surface area contributed by atoms with Crippen LogP contribution in [-0.4, -0.2) is 10.9 Å². The number of ether oxygens (including phenoxy) is 1. The molecular weight excluding hydrogens is 448 g/mol. The van der Waals surface area contributed by atoms with Crippen LogP contribution in [0.5, 0.6) is 5.75 Å². The quantitative estimate of drug-likeness (QED) is 0.248. The number of fused-ring (bicyclic) bond motifs is 1. The van der Waals surface area contributed by atoms with Crippen LogP contribution < -0.4 is 10.1 Å². The van der Waals surface area contributed by atoms with Gasteiger partial charge >= 0.3 is 0 Å². The molecule has 0 spiro atoms. The van der Waals surface area contributed by atoms with Crippen molar-refractivity contribution in [2.24, 2.45) is 0 Å². The molecule has 1 amide bonds. The molecule has 5 nitrogen and oxygen atoms in total. The first-order valence-corrected chi connectivity index (χ1v) is 12.2. The fraction of sp³-hybridized carbons (Fsp3) is 0.161. The zero-order chi connectivity index (χ0) is 24.9. The van der Waals surface area contributed by atoms with Gasteiger partial charge in [-0.3, -0.25) is 4.79 Å². The highest BCUT2D eigenvalue weighted by Crippen LogP contribution is 2.29. The van der Waals surface area contributed by atoms with Crippen molar-refractivity contribution in [2.45, 2.75) is 32.8 Å². The van der Waals surface area contributed by atoms with Gasteiger partial charge in [-0.15, -0.1) is 0 Å². The van der Waals surface area contributed by atoms with E-state index in [1.54, 1.807) is 24.3 Å². The van der Waals surface area contributed by atoms with Crippen molar-refractivity contribution in [3.05, 3.63) is 114 Å². The maximum absolute atomic E-state index is 12.8. The third-order valence-electron chi connectivity index (χ3n) is 6.33. The molecule has 1 atom stereocenters. The second-order valence-electron chi connectivity index (χ2n) is 8.89. The summed E-state index contributed by atoms with van der Waals surface area (Å²) in [5.41, 5.74) is 5.96. The van der Waals surface area contributed by atoms with Gasteiger partial charge in [0.15, 0.2) is 5.58 Å². The van der Waals surface area contributed by atoms with Crippen LogP contribution in [0, 0.1) is 0 Å². The van der Waals surface area contributed by atoms with Gasteiger partial charge in [0, 0.05) is 16.8 Å². The van der Waals surface area contributed by atoms with E-state index in [2.05, 4.69) is 31.3 Å². The molecule has 5 rings (SSSR count). The molecule has 180 valence electrons. The van der Waals surface area contributed by atoms with Crippen molar-refractivity contribution in [3.63, 3.8) is 0 Å². The predicted molar refractivity (Wildman–Crippen MR) is 143 cm³/mol. The molecule has 0 aliphatic rings. The molecule has 0 saturated carbocycles. The largest absolute Gasteiger partial charge is 0.489 e. The predicted octanol–water partition coefficient (Wildman–Crippen LogP) is 7.84. The molecule has 1 unspecified atom stereocenters. The number of hydrogen-bond acceptors (Lipinski definition) is 4. The summed E-state index contributed by atoms with van der Waals surface area (Å²) in [6.07, 6.45) is 1.07. The molecule has 1 N–H and O–H groups in total. The summed E-state index contributed by atoms with van der Waals surface area (Å²) in [4.78, 5) is 17.5. The number of aromatic nitrogens is 1. The highest BCUT2D eigenvalue weighted by Gasteiger charge is 2.13. The van der Waals surface area contributed by atoms with Gasteiger partial charge in [-0.2, -0.15) is 0 Å². The van der Waals surface area contributed by atoms with Crippen molar-refractivity contribution < 1.29 is 13.9 Å². The minimum Gasteiger partial charge on any atom is -0.489 e. The number of amides is 1. The van der Waals surface area contributed by atoms with E-state index in [0.717, 1.165) is 28.6 Å². The Kier molecular flexibility index (Phi) is 6.80. The zero-order valence-corrected chi connectivity index (χ0v) is 20.4. The second-order valence-corrected chi connectivity index (χ2v) is 8.89. The molecule has 5 heteroatoms. The molecule has 5 aromatic rings. The molecule has 0 radical (unpaired) electrons. The summed E-state index contributed by atoms with van der Waals surface area (Å²) in [6.45, 7) is 4.87. The Morgan fingerprint density at radius 3 is 2.53 bits per heavy atom. The second kappa shape index (κ2) is 10.5. The zero-order valence-electron chi connectivity index (χ0n) is 20.4. The monoisotopic (exact) mass is 476 g/mol. The maximum atomic E-state index is 12.8. The summed E-state index contributed by atoms with van der Waals surface area (Å²) < 4.78 is 11.8. The lowest BCUT2D eigenvalue weighted by Crippen LogP contribution is -2.11. The third-order valence-corrected chi connectivity index (χ3v) is 6.33. The molecule has 1 aromatic heterocycles. The van der Waals surface area contributed by atoms with E-state index >= 15 is 0 Å². The summed E-state index contributed by atoms with van der Waals surface area (Å²) in [5.74, 6) is 1.52. The minimum absolute atomic E-state index is 0.197. The van der Waals surface area contributed by atoms with Crippen LogP contribution in [0.15, 0.2) is 101 Å². The minimum atomic E-state index is -0.197. The Morgan fingerprint density at radius 2 is 1.75 bits per heavy atom. The number of nitrogens with zero attached hydrogens (tertiary/aromatic N) is 1. The van der Waals surface area contributed by atoms with Gasteiger partial charge < -0.3 is 14.5 Å². The van der Waals surface area contributed by atoms with Gasteiger partial charge in [-0.05, 0) is 78.1 Å². The van der Waals surface area contributed by atoms with Crippen molar-refractivity contribution >= 4 is 22.7 Å². The number of carbonyl (C=O) groups excluding carboxylic acids is 1. The Balaban J connectivity index is 1.26. The fourth-order valence-electron chi connectivity index (χ4n) is 3.99. The van der Waals surface area contributed by atoms with Gasteiger partial charge in [-0.1, -0.05) is 56.3 Å². The molecule has 0 aliphatic heterocycles. The molecular formula is C31H28N2O3. The average Bonchev–Trinajstić information content (AvgIpc) is 3.36. The summed E-state index contributed by atoms with van der Waals surface area (Å²) in [6, 6.07) is 30.8. The average molecular weight is 477 g/mol. The first-order valence-electron chi connectivity index (χ1n) is 12.2. The van der Waals surface area contributed by atoms with Crippen molar-refractivity contribution in [2.75, 3.05) is 5.32 Å². The van der Waals surface area contributed by atoms with Crippen LogP contribution in [0.1, 0.15) is 47.7 Å². The fourth-order valence-corrected chi connectivity index (χ4v) is 3.99. The molecule has 4 aromatic carbocycles. The Morgan fingerprint density at radius 1 is 0.944 bits per heavy atom. The van der Waals surface area contributed by atoms with Gasteiger partial charge in [-0.25, -0.2) is 4.98 Å². The molecule has 1 heterocycles. The van der Waals surface area contributed by atoms with Crippen LogP contribution >= 0.6 is 0 Å². The summed E-state index contributed by atoms with van der Waals surface area (Å²) in [5, 5.41) is 2.96. The smallest absolute Gasteiger partial charge is 0.255 e. The number of nitrogens with one attached hydrogen (secondary N) is 1. The van der Waals surface area contributed by atoms with Gasteiger partial charge in [0.2, 0.25) is 5.89 Å². The number of benzene rings is 4. The Labute approximate surface area is 210 Å². The van der Waals surface area contributed by atoms with E-state index < -0.39 is 0 Å². The molecule has 0 fully saturated rings. The van der Waals surface area contributed by atoms with Crippen molar-refractivity contribution in [1.29, 1.82) is 0 Å². The van der Waals surface area contributed by atoms with Crippen LogP contribution in [0.25, 0.3) is 22.6 Å². The number of anilines is 1. The summed E-state index contributed by atoms with van der Waals surface area (Å²) in [7, 11) is 0. The van der Waals surface area contributed by atoms with Crippen molar-refractivity contribution in [1.82, 2.24) is 4.98 Å². The van der Waals surface area contributed by atoms with E-state index in [-0.39, 0.29) is 5.91 Å². The molecule has 0 saturated heterocycles. The molecule has 0 aliphatic carbocycles. The SMILES string of the molecule is CCC(C)c1ccc2oc(-c3cccc(NC(=O)c4ccc(OCc5ccccc5)cc4)c3)nc2c1. The van der Waals surface area contributed by atoms with Crippen LogP contribution in [0.4, 0.5) is 5.69 Å². The van der Waals surface area contributed by atoms with Crippen LogP contribution in [0.2, 0.25) is 0 Å². The lowest BCUT2D eigenvalue weighted by Gasteiger charge is -2.09. The lowest BCUT2D eigenvalue weighted by atomic mass is 9.98. The van der Waals surface area contributed by atoms with Crippen molar-refractivity contribution in [3.8, 4) is 17.2 Å². The lowest BCUT2D eigenvalue weighted by molar-refractivity contribution is 0.102.